The van der Waals surface area contributed by atoms with E-state index in [9.17, 15) is 4.79 Å². The number of piperidine rings is 1. The first-order valence-electron chi connectivity index (χ1n) is 10.4. The van der Waals surface area contributed by atoms with E-state index in [0.29, 0.717) is 28.3 Å². The molecule has 8 nitrogen and oxygen atoms in total. The molecule has 1 aliphatic rings. The van der Waals surface area contributed by atoms with Crippen molar-refractivity contribution in [3.05, 3.63) is 35.0 Å². The number of imidazole rings is 1. The first-order valence-corrected chi connectivity index (χ1v) is 10.8. The molecular weight excluding hydrogens is 416 g/mol. The molecule has 1 aromatic carbocycles. The highest BCUT2D eigenvalue weighted by Gasteiger charge is 2.20. The van der Waals surface area contributed by atoms with Gasteiger partial charge in [0.05, 0.1) is 16.9 Å². The van der Waals surface area contributed by atoms with Gasteiger partial charge in [0.1, 0.15) is 17.1 Å². The molecule has 9 heteroatoms. The smallest absolute Gasteiger partial charge is 0.257 e. The number of hydrogen-bond acceptors (Lipinski definition) is 6. The number of aryl methyl sites for hydroxylation is 1. The zero-order chi connectivity index (χ0) is 22.0. The van der Waals surface area contributed by atoms with Crippen molar-refractivity contribution >= 4 is 34.4 Å². The molecule has 1 fully saturated rings. The third-order valence-electron chi connectivity index (χ3n) is 5.62. The summed E-state index contributed by atoms with van der Waals surface area (Å²) in [6.07, 6.45) is 3.78. The van der Waals surface area contributed by atoms with Gasteiger partial charge in [0.25, 0.3) is 5.91 Å². The number of carbonyl (C=O) groups excluding carboxylic acids is 1. The van der Waals surface area contributed by atoms with Crippen molar-refractivity contribution in [1.82, 2.24) is 25.2 Å². The molecule has 0 radical (unpaired) electrons. The number of halogens is 1. The fourth-order valence-corrected chi connectivity index (χ4v) is 3.93. The first-order chi connectivity index (χ1) is 14.9. The Balaban J connectivity index is 1.59. The van der Waals surface area contributed by atoms with Crippen LogP contribution in [0.5, 0.6) is 5.75 Å². The van der Waals surface area contributed by atoms with Crippen LogP contribution in [0.1, 0.15) is 18.4 Å². The number of H-pyrrole nitrogens is 1. The lowest BCUT2D eigenvalue weighted by atomic mass is 10.1. The van der Waals surface area contributed by atoms with Gasteiger partial charge in [0.15, 0.2) is 12.3 Å². The van der Waals surface area contributed by atoms with Crippen LogP contribution < -0.4 is 15.4 Å². The van der Waals surface area contributed by atoms with Gasteiger partial charge in [-0.05, 0) is 63.7 Å². The van der Waals surface area contributed by atoms with Crippen molar-refractivity contribution in [2.45, 2.75) is 25.8 Å². The molecule has 1 aliphatic heterocycles. The molecule has 0 spiro atoms. The van der Waals surface area contributed by atoms with Crippen molar-refractivity contribution in [3.63, 3.8) is 0 Å². The lowest BCUT2D eigenvalue weighted by Crippen LogP contribution is -2.36. The minimum atomic E-state index is -0.173. The number of carbonyl (C=O) groups is 1. The lowest BCUT2D eigenvalue weighted by Gasteiger charge is -2.30. The number of rotatable bonds is 6. The minimum Gasteiger partial charge on any atom is -0.484 e. The van der Waals surface area contributed by atoms with Crippen LogP contribution >= 0.6 is 11.6 Å². The fourth-order valence-electron chi connectivity index (χ4n) is 3.74. The predicted octanol–water partition coefficient (Wildman–Crippen LogP) is 3.22. The Hall–Kier alpha value is -2.84. The standard InChI is InChI=1S/C22H27ClN6O2/c1-13-10-14(4-5-17(13)31-12-18(30)24-2)21-27-20-19(16(23)11-25-22(20)28-21)26-15-6-8-29(3)9-7-15/h4-5,10-11,15H,6-9,12H2,1-3H3,(H,24,30)(H2,25,26,27,28). The van der Waals surface area contributed by atoms with Crippen molar-refractivity contribution < 1.29 is 9.53 Å². The maximum absolute atomic E-state index is 11.4. The van der Waals surface area contributed by atoms with Crippen LogP contribution in [0.15, 0.2) is 24.4 Å². The fraction of sp³-hybridized carbons (Fsp3) is 0.409. The van der Waals surface area contributed by atoms with E-state index >= 15 is 0 Å². The molecule has 0 saturated carbocycles. The van der Waals surface area contributed by atoms with Crippen molar-refractivity contribution in [1.29, 1.82) is 0 Å². The quantitative estimate of drug-likeness (QED) is 0.542. The number of likely N-dealkylation sites (N-methyl/N-ethyl adjacent to an activating group) is 1. The average molecular weight is 443 g/mol. The molecule has 1 saturated heterocycles. The third-order valence-corrected chi connectivity index (χ3v) is 5.91. The average Bonchev–Trinajstić information content (AvgIpc) is 3.20. The van der Waals surface area contributed by atoms with Gasteiger partial charge in [-0.25, -0.2) is 9.97 Å². The molecule has 3 N–H and O–H groups in total. The predicted molar refractivity (Wildman–Crippen MR) is 123 cm³/mol. The number of pyridine rings is 1. The second kappa shape index (κ2) is 9.11. The maximum Gasteiger partial charge on any atom is 0.257 e. The van der Waals surface area contributed by atoms with Crippen LogP contribution in [0, 0.1) is 6.92 Å². The largest absolute Gasteiger partial charge is 0.484 e. The highest BCUT2D eigenvalue weighted by atomic mass is 35.5. The lowest BCUT2D eigenvalue weighted by molar-refractivity contribution is -0.122. The van der Waals surface area contributed by atoms with E-state index in [1.807, 2.05) is 25.1 Å². The summed E-state index contributed by atoms with van der Waals surface area (Å²) in [5, 5.41) is 6.70. The van der Waals surface area contributed by atoms with E-state index in [1.165, 1.54) is 0 Å². The number of aromatic nitrogens is 3. The summed E-state index contributed by atoms with van der Waals surface area (Å²) < 4.78 is 5.58. The molecule has 0 atom stereocenters. The van der Waals surface area contributed by atoms with Crippen LogP contribution in [-0.4, -0.2) is 65.6 Å². The summed E-state index contributed by atoms with van der Waals surface area (Å²) in [6.45, 7) is 4.04. The normalized spacial score (nSPS) is 15.2. The number of hydrogen-bond donors (Lipinski definition) is 3. The van der Waals surface area contributed by atoms with Gasteiger partial charge in [0, 0.05) is 18.7 Å². The topological polar surface area (TPSA) is 95.2 Å². The molecule has 3 heterocycles. The molecule has 1 amide bonds. The molecule has 0 unspecified atom stereocenters. The highest BCUT2D eigenvalue weighted by Crippen LogP contribution is 2.33. The molecular formula is C22H27ClN6O2. The number of fused-ring (bicyclic) bond motifs is 1. The maximum atomic E-state index is 11.4. The van der Waals surface area contributed by atoms with Gasteiger partial charge < -0.3 is 25.3 Å². The number of nitrogens with zero attached hydrogens (tertiary/aromatic N) is 3. The Bertz CT molecular complexity index is 1090. The van der Waals surface area contributed by atoms with E-state index in [4.69, 9.17) is 21.3 Å². The summed E-state index contributed by atoms with van der Waals surface area (Å²) in [5.41, 5.74) is 4.07. The molecule has 4 rings (SSSR count). The van der Waals surface area contributed by atoms with Crippen molar-refractivity contribution in [2.75, 3.05) is 39.1 Å². The van der Waals surface area contributed by atoms with E-state index < -0.39 is 0 Å². The first kappa shape index (κ1) is 21.4. The molecule has 31 heavy (non-hydrogen) atoms. The third kappa shape index (κ3) is 4.75. The van der Waals surface area contributed by atoms with Crippen LogP contribution in [0.25, 0.3) is 22.6 Å². The SMILES string of the molecule is CNC(=O)COc1ccc(-c2nc3c(NC4CCN(C)CC4)c(Cl)cnc3[nH]2)cc1C. The summed E-state index contributed by atoms with van der Waals surface area (Å²) in [6, 6.07) is 6.09. The number of ether oxygens (including phenoxy) is 1. The molecule has 2 aromatic heterocycles. The number of likely N-dealkylation sites (tertiary alicyclic amines) is 1. The van der Waals surface area contributed by atoms with Crippen LogP contribution in [0.4, 0.5) is 5.69 Å². The van der Waals surface area contributed by atoms with Crippen LogP contribution in [0.2, 0.25) is 5.02 Å². The second-order valence-corrected chi connectivity index (χ2v) is 8.33. The van der Waals surface area contributed by atoms with Crippen molar-refractivity contribution in [3.8, 4) is 17.1 Å². The van der Waals surface area contributed by atoms with E-state index in [-0.39, 0.29) is 12.5 Å². The second-order valence-electron chi connectivity index (χ2n) is 7.93. The monoisotopic (exact) mass is 442 g/mol. The van der Waals surface area contributed by atoms with E-state index in [0.717, 1.165) is 48.3 Å². The van der Waals surface area contributed by atoms with E-state index in [1.54, 1.807) is 13.2 Å². The molecule has 0 bridgehead atoms. The van der Waals surface area contributed by atoms with Gasteiger partial charge in [-0.2, -0.15) is 0 Å². The van der Waals surface area contributed by atoms with E-state index in [2.05, 4.69) is 32.5 Å². The van der Waals surface area contributed by atoms with Crippen molar-refractivity contribution in [2.24, 2.45) is 0 Å². The Morgan fingerprint density at radius 2 is 2.13 bits per heavy atom. The Kier molecular flexibility index (Phi) is 6.29. The summed E-state index contributed by atoms with van der Waals surface area (Å²) in [4.78, 5) is 26.3. The zero-order valence-electron chi connectivity index (χ0n) is 18.0. The number of nitrogens with one attached hydrogen (secondary N) is 3. The van der Waals surface area contributed by atoms with Gasteiger partial charge in [-0.1, -0.05) is 11.6 Å². The number of anilines is 1. The number of aromatic amines is 1. The Morgan fingerprint density at radius 3 is 2.84 bits per heavy atom. The van der Waals surface area contributed by atoms with Gasteiger partial charge in [-0.15, -0.1) is 0 Å². The Labute approximate surface area is 186 Å². The van der Waals surface area contributed by atoms with Crippen LogP contribution in [0.3, 0.4) is 0 Å². The molecule has 164 valence electrons. The summed E-state index contributed by atoms with van der Waals surface area (Å²) >= 11 is 6.49. The molecule has 0 aliphatic carbocycles. The number of benzene rings is 1. The van der Waals surface area contributed by atoms with Gasteiger partial charge in [0.2, 0.25) is 0 Å². The van der Waals surface area contributed by atoms with Gasteiger partial charge in [-0.3, -0.25) is 4.79 Å². The summed E-state index contributed by atoms with van der Waals surface area (Å²) in [7, 11) is 3.73. The summed E-state index contributed by atoms with van der Waals surface area (Å²) in [5.74, 6) is 1.19. The number of amides is 1. The highest BCUT2D eigenvalue weighted by molar-refractivity contribution is 6.34. The zero-order valence-corrected chi connectivity index (χ0v) is 18.7. The molecule has 3 aromatic rings. The minimum absolute atomic E-state index is 0.0181. The Morgan fingerprint density at radius 1 is 1.35 bits per heavy atom. The van der Waals surface area contributed by atoms with Gasteiger partial charge >= 0.3 is 0 Å². The van der Waals surface area contributed by atoms with Crippen LogP contribution in [-0.2, 0) is 4.79 Å².